The molecule has 0 saturated carbocycles. The predicted molar refractivity (Wildman–Crippen MR) is 463 cm³/mol. The molecule has 2 unspecified atom stereocenters. The maximum atomic E-state index is 6.10. The Hall–Kier alpha value is -12.2. The second-order valence-electron chi connectivity index (χ2n) is 31.1. The summed E-state index contributed by atoms with van der Waals surface area (Å²) < 4.78 is 4.89. The van der Waals surface area contributed by atoms with Gasteiger partial charge in [-0.05, 0) is 150 Å². The lowest BCUT2D eigenvalue weighted by Crippen LogP contribution is -2.78. The van der Waals surface area contributed by atoms with E-state index in [9.17, 15) is 0 Å². The van der Waals surface area contributed by atoms with Crippen molar-refractivity contribution in [1.82, 2.24) is 19.8 Å². The van der Waals surface area contributed by atoms with E-state index in [1.807, 2.05) is 0 Å². The molecule has 2 aromatic heterocycles. The molecule has 3 heterocycles. The van der Waals surface area contributed by atoms with Crippen LogP contribution in [0.5, 0.6) is 0 Å². The van der Waals surface area contributed by atoms with E-state index in [0.29, 0.717) is 0 Å². The van der Waals surface area contributed by atoms with Crippen LogP contribution in [-0.4, -0.2) is 31.2 Å². The van der Waals surface area contributed by atoms with E-state index in [1.165, 1.54) is 108 Å². The number of para-hydroxylation sites is 2. The fourth-order valence-electron chi connectivity index (χ4n) is 17.2. The molecule has 1 aliphatic heterocycles. The largest absolute Gasteiger partial charge is 0.336 e. The van der Waals surface area contributed by atoms with Crippen molar-refractivity contribution in [3.05, 3.63) is 399 Å². The Bertz CT molecular complexity index is 5690. The number of rotatable bonds is 14. The van der Waals surface area contributed by atoms with Crippen molar-refractivity contribution >= 4 is 107 Å². The first-order valence-corrected chi connectivity index (χ1v) is 41.9. The third kappa shape index (κ3) is 12.0. The van der Waals surface area contributed by atoms with Crippen molar-refractivity contribution in [1.29, 1.82) is 0 Å². The van der Waals surface area contributed by atoms with Gasteiger partial charge in [-0.3, -0.25) is 9.88 Å². The number of aromatic nitrogens is 2. The van der Waals surface area contributed by atoms with Gasteiger partial charge in [-0.1, -0.05) is 387 Å². The second-order valence-corrected chi connectivity index (χ2v) is 38.8. The van der Waals surface area contributed by atoms with Crippen molar-refractivity contribution in [2.24, 2.45) is 4.99 Å². The van der Waals surface area contributed by atoms with E-state index in [0.717, 1.165) is 44.4 Å². The van der Waals surface area contributed by atoms with Crippen LogP contribution >= 0.6 is 0 Å². The Kier molecular flexibility index (Phi) is 17.3. The fraction of sp³-hybridized carbons (Fsp3) is 0.0990. The van der Waals surface area contributed by atoms with Crippen LogP contribution < -0.4 is 52.1 Å². The molecule has 0 spiro atoms. The minimum atomic E-state index is -3.66. The molecule has 0 amide bonds. The molecule has 1 aliphatic rings. The van der Waals surface area contributed by atoms with Crippen LogP contribution in [0.4, 0.5) is 0 Å². The van der Waals surface area contributed by atoms with Crippen LogP contribution in [0, 0.1) is 0 Å². The number of nitrogens with zero attached hydrogens (tertiary/aromatic N) is 3. The van der Waals surface area contributed by atoms with Gasteiger partial charge >= 0.3 is 0 Å². The van der Waals surface area contributed by atoms with Crippen LogP contribution in [0.15, 0.2) is 387 Å². The van der Waals surface area contributed by atoms with Crippen LogP contribution in [0.1, 0.15) is 70.7 Å². The lowest BCUT2D eigenvalue weighted by Gasteiger charge is -2.40. The summed E-state index contributed by atoms with van der Waals surface area (Å²) in [5.41, 5.74) is 17.2. The van der Waals surface area contributed by atoms with Gasteiger partial charge in [-0.15, -0.1) is 0 Å². The average molecular weight is 1420 g/mol. The summed E-state index contributed by atoms with van der Waals surface area (Å²) in [7, 11) is -7.33. The van der Waals surface area contributed by atoms with Crippen LogP contribution in [0.3, 0.4) is 0 Å². The molecule has 7 heteroatoms. The number of benzene rings is 15. The maximum absolute atomic E-state index is 6.10. The van der Waals surface area contributed by atoms with Gasteiger partial charge in [0.1, 0.15) is 6.17 Å². The van der Waals surface area contributed by atoms with Gasteiger partial charge in [0.25, 0.3) is 0 Å². The summed E-state index contributed by atoms with van der Waals surface area (Å²) in [5.74, 6) is 0.746. The lowest BCUT2D eigenvalue weighted by molar-refractivity contribution is 0.337. The van der Waals surface area contributed by atoms with Gasteiger partial charge in [0.2, 0.25) is 5.96 Å². The van der Waals surface area contributed by atoms with E-state index in [2.05, 4.69) is 443 Å². The maximum Gasteiger partial charge on any atom is 0.208 e. The third-order valence-corrected chi connectivity index (χ3v) is 32.0. The number of hydrogen-bond acceptors (Lipinski definition) is 3. The van der Waals surface area contributed by atoms with E-state index in [1.54, 1.807) is 0 Å². The minimum absolute atomic E-state index is 0.0963. The first-order chi connectivity index (χ1) is 52.8. The highest BCUT2D eigenvalue weighted by molar-refractivity contribution is 7.22. The fourth-order valence-corrected chi connectivity index (χ4v) is 27.1. The second kappa shape index (κ2) is 27.6. The predicted octanol–water partition coefficient (Wildman–Crippen LogP) is 19.2. The molecule has 0 bridgehead atoms. The summed E-state index contributed by atoms with van der Waals surface area (Å²) in [5, 5.41) is 23.7. The van der Waals surface area contributed by atoms with Gasteiger partial charge in [0, 0.05) is 21.5 Å². The number of aliphatic imine (C=N–C) groups is 1. The topological polar surface area (TPSA) is 46.3 Å². The number of fused-ring (bicyclic) bond motifs is 6. The highest BCUT2D eigenvalue weighted by Crippen LogP contribution is 2.40. The van der Waals surface area contributed by atoms with Gasteiger partial charge < -0.3 is 9.88 Å². The van der Waals surface area contributed by atoms with Crippen molar-refractivity contribution < 1.29 is 0 Å². The zero-order valence-corrected chi connectivity index (χ0v) is 63.9. The summed E-state index contributed by atoms with van der Waals surface area (Å²) >= 11 is 0. The zero-order valence-electron chi connectivity index (χ0n) is 61.9. The Morgan fingerprint density at radius 1 is 0.269 bits per heavy atom. The molecule has 5 nitrogen and oxygen atoms in total. The molecule has 17 aromatic rings. The molecule has 0 fully saturated rings. The van der Waals surface area contributed by atoms with Crippen LogP contribution in [0.2, 0.25) is 0 Å². The molecule has 108 heavy (non-hydrogen) atoms. The van der Waals surface area contributed by atoms with Gasteiger partial charge in [0.15, 0.2) is 22.4 Å². The Morgan fingerprint density at radius 3 is 0.935 bits per heavy atom. The Balaban J connectivity index is 1.00. The van der Waals surface area contributed by atoms with E-state index >= 15 is 0 Å². The third-order valence-electron chi connectivity index (χ3n) is 22.6. The molecule has 18 rings (SSSR count). The molecule has 0 radical (unpaired) electrons. The van der Waals surface area contributed by atoms with E-state index in [4.69, 9.17) is 4.99 Å². The van der Waals surface area contributed by atoms with Crippen molar-refractivity contribution in [2.45, 2.75) is 64.8 Å². The van der Waals surface area contributed by atoms with Crippen molar-refractivity contribution in [3.63, 3.8) is 0 Å². The monoisotopic (exact) mass is 1420 g/mol. The van der Waals surface area contributed by atoms with Crippen LogP contribution in [-0.2, 0) is 10.8 Å². The van der Waals surface area contributed by atoms with Crippen LogP contribution in [0.25, 0.3) is 88.1 Å². The minimum Gasteiger partial charge on any atom is -0.336 e. The number of nitrogens with one attached hydrogen (secondary N) is 2. The molecule has 0 aliphatic carbocycles. The first-order valence-electron chi connectivity index (χ1n) is 37.9. The highest BCUT2D eigenvalue weighted by Gasteiger charge is 2.48. The molecule has 0 saturated heterocycles. The summed E-state index contributed by atoms with van der Waals surface area (Å²) in [6, 6.07) is 145. The Morgan fingerprint density at radius 2 is 0.583 bits per heavy atom. The molecule has 15 aromatic carbocycles. The molecule has 2 atom stereocenters. The van der Waals surface area contributed by atoms with Crippen molar-refractivity contribution in [2.75, 3.05) is 0 Å². The van der Waals surface area contributed by atoms with Gasteiger partial charge in [-0.25, -0.2) is 4.99 Å². The zero-order chi connectivity index (χ0) is 73.1. The van der Waals surface area contributed by atoms with E-state index < -0.39 is 28.6 Å². The summed E-state index contributed by atoms with van der Waals surface area (Å²) in [6.07, 6.45) is -1.21. The average Bonchev–Trinajstić information content (AvgIpc) is 0.814. The van der Waals surface area contributed by atoms with Crippen molar-refractivity contribution in [3.8, 4) is 44.5 Å². The molecular weight excluding hydrogens is 1340 g/mol. The van der Waals surface area contributed by atoms with Gasteiger partial charge in [0.05, 0.1) is 22.1 Å². The molecular formula is C101H85N5Si2. The van der Waals surface area contributed by atoms with E-state index in [-0.39, 0.29) is 10.8 Å². The highest BCUT2D eigenvalue weighted by atomic mass is 28.3. The number of hydrogen-bond donors (Lipinski definition) is 2. The van der Waals surface area contributed by atoms with Gasteiger partial charge in [-0.2, -0.15) is 0 Å². The molecule has 2 N–H and O–H groups in total. The quantitative estimate of drug-likeness (QED) is 0.0842. The Labute approximate surface area is 635 Å². The lowest BCUT2D eigenvalue weighted by atomic mass is 9.85. The smallest absolute Gasteiger partial charge is 0.208 e. The normalized spacial score (nSPS) is 14.3. The SMILES string of the molecule is CC(C)(C)c1ccc2c(c1)c1cc(C(C)(C)C)ccc1n2C1N=C(n2c3ccccc3c3ccccc32)NC(c2cc([Si](c3ccccc3)(c3cccc(-c4ccccc4)c3)c3cccc(-c4ccccc4)c3)cc([Si](c3ccccc3)(c3cccc(-c4ccccc4)c3)c3cccc(-c4ccccc4)c3)c2)N1. The molecule has 522 valence electrons. The standard InChI is InChI=1S/C101H85N5Si2/c1-100(2,3)79-57-59-95-91(67-79)92-68-80(101(4,5)6)58-60-96(92)106(95)99-103-97(102-98(104-99)105-93-55-27-25-53-89(93)90-54-26-28-56-94(90)105)78-65-87(107(81-45-21-11-22-46-81,83-49-29-41-74(61-83)70-33-13-7-14-34-70)84-50-30-42-75(62-84)71-35-15-8-16-36-71)69-88(66-78)108(82-47-23-12-24-48-82,85-51-31-43-76(63-85)72-37-17-9-18-38-72)86-52-32-44-77(64-86)73-39-19-10-20-40-73/h7-69,97,99,103H,1-6H3,(H,102,104). The first kappa shape index (κ1) is 67.6. The summed E-state index contributed by atoms with van der Waals surface area (Å²) in [6.45, 7) is 13.9. The summed E-state index contributed by atoms with van der Waals surface area (Å²) in [4.78, 5) is 6.10.